The van der Waals surface area contributed by atoms with Gasteiger partial charge in [-0.3, -0.25) is 14.9 Å². The monoisotopic (exact) mass is 343 g/mol. The third-order valence-electron chi connectivity index (χ3n) is 3.38. The van der Waals surface area contributed by atoms with Crippen LogP contribution in [0.4, 0.5) is 11.4 Å². The molecule has 8 heteroatoms. The van der Waals surface area contributed by atoms with Gasteiger partial charge < -0.3 is 15.8 Å². The number of nitrogens with zero attached hydrogens (tertiary/aromatic N) is 1. The molecule has 0 aliphatic carbocycles. The second-order valence-corrected chi connectivity index (χ2v) is 5.19. The van der Waals surface area contributed by atoms with Crippen molar-refractivity contribution in [1.29, 1.82) is 0 Å². The zero-order valence-corrected chi connectivity index (χ0v) is 13.3. The third kappa shape index (κ3) is 5.31. The maximum atomic E-state index is 11.9. The molecule has 3 N–H and O–H groups in total. The molecule has 1 amide bonds. The molecule has 0 heterocycles. The smallest absolute Gasteiger partial charge is 0.340 e. The van der Waals surface area contributed by atoms with E-state index in [1.165, 1.54) is 6.07 Å². The van der Waals surface area contributed by atoms with E-state index in [0.29, 0.717) is 13.0 Å². The molecule has 25 heavy (non-hydrogen) atoms. The van der Waals surface area contributed by atoms with E-state index in [2.05, 4.69) is 5.32 Å². The predicted molar refractivity (Wildman–Crippen MR) is 90.9 cm³/mol. The molecule has 0 spiro atoms. The van der Waals surface area contributed by atoms with Gasteiger partial charge in [0.15, 0.2) is 6.61 Å². The summed E-state index contributed by atoms with van der Waals surface area (Å²) < 4.78 is 4.87. The Kier molecular flexibility index (Phi) is 6.05. The van der Waals surface area contributed by atoms with E-state index in [-0.39, 0.29) is 16.9 Å². The number of carbonyl (C=O) groups excluding carboxylic acids is 2. The lowest BCUT2D eigenvalue weighted by molar-refractivity contribution is -0.384. The van der Waals surface area contributed by atoms with Crippen LogP contribution in [0.5, 0.6) is 0 Å². The summed E-state index contributed by atoms with van der Waals surface area (Å²) in [6, 6.07) is 13.0. The number of carbonyl (C=O) groups is 2. The molecule has 130 valence electrons. The molecule has 2 aromatic carbocycles. The minimum absolute atomic E-state index is 0.0253. The third-order valence-corrected chi connectivity index (χ3v) is 3.38. The van der Waals surface area contributed by atoms with Gasteiger partial charge in [-0.05, 0) is 18.1 Å². The Bertz CT molecular complexity index is 777. The number of nitrogens with two attached hydrogens (primary N) is 1. The predicted octanol–water partition coefficient (Wildman–Crippen LogP) is 1.69. The molecule has 0 aliphatic rings. The molecule has 0 unspecified atom stereocenters. The van der Waals surface area contributed by atoms with Crippen molar-refractivity contribution in [1.82, 2.24) is 5.32 Å². The number of nitro groups is 1. The Labute approximate surface area is 143 Å². The fourth-order valence-corrected chi connectivity index (χ4v) is 2.10. The number of nitro benzene ring substituents is 1. The van der Waals surface area contributed by atoms with E-state index in [1.54, 1.807) is 0 Å². The number of amides is 1. The van der Waals surface area contributed by atoms with Crippen molar-refractivity contribution in [3.63, 3.8) is 0 Å². The number of anilines is 1. The normalized spacial score (nSPS) is 10.1. The molecule has 0 bridgehead atoms. The van der Waals surface area contributed by atoms with Crippen LogP contribution in [0, 0.1) is 10.1 Å². The van der Waals surface area contributed by atoms with Gasteiger partial charge in [0, 0.05) is 18.7 Å². The minimum Gasteiger partial charge on any atom is -0.452 e. The topological polar surface area (TPSA) is 125 Å². The summed E-state index contributed by atoms with van der Waals surface area (Å²) in [6.45, 7) is -0.0376. The first-order valence-electron chi connectivity index (χ1n) is 7.49. The summed E-state index contributed by atoms with van der Waals surface area (Å²) in [5.41, 5.74) is 6.35. The van der Waals surface area contributed by atoms with Gasteiger partial charge >= 0.3 is 5.97 Å². The summed E-state index contributed by atoms with van der Waals surface area (Å²) in [7, 11) is 0. The molecule has 0 fully saturated rings. The fraction of sp³-hybridized carbons (Fsp3) is 0.176. The van der Waals surface area contributed by atoms with Crippen LogP contribution in [0.2, 0.25) is 0 Å². The summed E-state index contributed by atoms with van der Waals surface area (Å²) in [5.74, 6) is -1.25. The number of nitrogen functional groups attached to an aromatic ring is 1. The second-order valence-electron chi connectivity index (χ2n) is 5.19. The van der Waals surface area contributed by atoms with Crippen molar-refractivity contribution >= 4 is 23.3 Å². The molecule has 2 aromatic rings. The quantitative estimate of drug-likeness (QED) is 0.341. The number of ether oxygens (including phenoxy) is 1. The Morgan fingerprint density at radius 3 is 2.52 bits per heavy atom. The molecule has 8 nitrogen and oxygen atoms in total. The highest BCUT2D eigenvalue weighted by molar-refractivity contribution is 5.96. The van der Waals surface area contributed by atoms with Crippen LogP contribution < -0.4 is 11.1 Å². The molecule has 0 aromatic heterocycles. The lowest BCUT2D eigenvalue weighted by Crippen LogP contribution is -2.30. The first kappa shape index (κ1) is 17.9. The lowest BCUT2D eigenvalue weighted by Gasteiger charge is -2.08. The van der Waals surface area contributed by atoms with E-state index in [4.69, 9.17) is 10.5 Å². The highest BCUT2D eigenvalue weighted by Crippen LogP contribution is 2.20. The van der Waals surface area contributed by atoms with E-state index >= 15 is 0 Å². The van der Waals surface area contributed by atoms with Gasteiger partial charge in [0.05, 0.1) is 16.2 Å². The first-order valence-corrected chi connectivity index (χ1v) is 7.49. The summed E-state index contributed by atoms with van der Waals surface area (Å²) in [5, 5.41) is 13.3. The Hall–Kier alpha value is -3.42. The Morgan fingerprint density at radius 2 is 1.88 bits per heavy atom. The Balaban J connectivity index is 1.79. The SMILES string of the molecule is Nc1cc([N+](=O)[O-])ccc1C(=O)OCC(=O)NCCc1ccccc1. The number of benzene rings is 2. The van der Waals surface area contributed by atoms with Gasteiger partial charge in [-0.1, -0.05) is 30.3 Å². The summed E-state index contributed by atoms with van der Waals surface area (Å²) >= 11 is 0. The van der Waals surface area contributed by atoms with Crippen LogP contribution in [0.25, 0.3) is 0 Å². The average molecular weight is 343 g/mol. The van der Waals surface area contributed by atoms with Crippen LogP contribution >= 0.6 is 0 Å². The van der Waals surface area contributed by atoms with E-state index in [1.807, 2.05) is 30.3 Å². The molecule has 0 aliphatic heterocycles. The van der Waals surface area contributed by atoms with Crippen LogP contribution in [-0.4, -0.2) is 30.0 Å². The van der Waals surface area contributed by atoms with Crippen LogP contribution in [0.15, 0.2) is 48.5 Å². The van der Waals surface area contributed by atoms with Gasteiger partial charge in [0.1, 0.15) is 0 Å². The molecule has 0 saturated heterocycles. The standard InChI is InChI=1S/C17H17N3O5/c18-15-10-13(20(23)24)6-7-14(15)17(22)25-11-16(21)19-9-8-12-4-2-1-3-5-12/h1-7,10H,8-9,11,18H2,(H,19,21). The number of esters is 1. The first-order chi connectivity index (χ1) is 12.0. The number of rotatable bonds is 7. The van der Waals surface area contributed by atoms with Crippen LogP contribution in [-0.2, 0) is 16.0 Å². The number of hydrogen-bond donors (Lipinski definition) is 2. The Morgan fingerprint density at radius 1 is 1.16 bits per heavy atom. The van der Waals surface area contributed by atoms with E-state index in [0.717, 1.165) is 17.7 Å². The lowest BCUT2D eigenvalue weighted by atomic mass is 10.1. The van der Waals surface area contributed by atoms with E-state index in [9.17, 15) is 19.7 Å². The van der Waals surface area contributed by atoms with Crippen molar-refractivity contribution in [2.75, 3.05) is 18.9 Å². The fourth-order valence-electron chi connectivity index (χ4n) is 2.10. The molecule has 0 atom stereocenters. The van der Waals surface area contributed by atoms with Gasteiger partial charge in [-0.2, -0.15) is 0 Å². The van der Waals surface area contributed by atoms with E-state index < -0.39 is 23.4 Å². The molecule has 0 saturated carbocycles. The number of nitrogens with one attached hydrogen (secondary N) is 1. The molecular weight excluding hydrogens is 326 g/mol. The zero-order valence-electron chi connectivity index (χ0n) is 13.3. The van der Waals surface area contributed by atoms with Crippen molar-refractivity contribution in [2.45, 2.75) is 6.42 Å². The van der Waals surface area contributed by atoms with Gasteiger partial charge in [0.25, 0.3) is 11.6 Å². The largest absolute Gasteiger partial charge is 0.452 e. The van der Waals surface area contributed by atoms with Gasteiger partial charge in [0.2, 0.25) is 0 Å². The van der Waals surface area contributed by atoms with Crippen LogP contribution in [0.1, 0.15) is 15.9 Å². The van der Waals surface area contributed by atoms with Crippen molar-refractivity contribution in [2.24, 2.45) is 0 Å². The molecule has 0 radical (unpaired) electrons. The van der Waals surface area contributed by atoms with Crippen molar-refractivity contribution in [3.8, 4) is 0 Å². The van der Waals surface area contributed by atoms with Gasteiger partial charge in [-0.15, -0.1) is 0 Å². The maximum Gasteiger partial charge on any atom is 0.340 e. The minimum atomic E-state index is -0.814. The summed E-state index contributed by atoms with van der Waals surface area (Å²) in [4.78, 5) is 33.6. The highest BCUT2D eigenvalue weighted by atomic mass is 16.6. The molecular formula is C17H17N3O5. The van der Waals surface area contributed by atoms with Crippen molar-refractivity contribution in [3.05, 3.63) is 69.8 Å². The summed E-state index contributed by atoms with van der Waals surface area (Å²) in [6.07, 6.45) is 0.663. The van der Waals surface area contributed by atoms with Crippen LogP contribution in [0.3, 0.4) is 0 Å². The number of hydrogen-bond acceptors (Lipinski definition) is 6. The number of non-ortho nitro benzene ring substituents is 1. The second kappa shape index (κ2) is 8.44. The maximum absolute atomic E-state index is 11.9. The highest BCUT2D eigenvalue weighted by Gasteiger charge is 2.16. The van der Waals surface area contributed by atoms with Crippen molar-refractivity contribution < 1.29 is 19.2 Å². The van der Waals surface area contributed by atoms with Gasteiger partial charge in [-0.25, -0.2) is 4.79 Å². The average Bonchev–Trinajstić information content (AvgIpc) is 2.60. The molecule has 2 rings (SSSR count). The zero-order chi connectivity index (χ0) is 18.2.